The van der Waals surface area contributed by atoms with E-state index in [4.69, 9.17) is 14.2 Å². The molecule has 0 aromatic rings. The molecule has 0 bridgehead atoms. The maximum atomic E-state index is 11.6. The van der Waals surface area contributed by atoms with Crippen molar-refractivity contribution < 1.29 is 19.0 Å². The zero-order chi connectivity index (χ0) is 13.9. The van der Waals surface area contributed by atoms with Crippen LogP contribution in [0.4, 0.5) is 0 Å². The van der Waals surface area contributed by atoms with Crippen LogP contribution in [0.2, 0.25) is 0 Å². The molecule has 0 radical (unpaired) electrons. The summed E-state index contributed by atoms with van der Waals surface area (Å²) in [6.07, 6.45) is 7.82. The summed E-state index contributed by atoms with van der Waals surface area (Å²) < 4.78 is 16.3. The van der Waals surface area contributed by atoms with E-state index in [0.29, 0.717) is 19.6 Å². The molecule has 0 amide bonds. The van der Waals surface area contributed by atoms with Gasteiger partial charge in [0.05, 0.1) is 13.2 Å². The van der Waals surface area contributed by atoms with Crippen LogP contribution in [0.15, 0.2) is 0 Å². The molecule has 0 unspecified atom stereocenters. The first kappa shape index (κ1) is 16.4. The summed E-state index contributed by atoms with van der Waals surface area (Å²) in [6.45, 7) is 5.21. The van der Waals surface area contributed by atoms with Crippen molar-refractivity contribution in [1.82, 2.24) is 0 Å². The lowest BCUT2D eigenvalue weighted by molar-refractivity contribution is -0.227. The molecule has 1 saturated heterocycles. The standard InChI is InChI=1S/C15H28O4/c1-3-5-6-7-8-10-14(16)19-13-11-17-15(9-4-2)18-12-13/h13,15H,3-12H2,1-2H3. The van der Waals surface area contributed by atoms with E-state index in [1.165, 1.54) is 19.3 Å². The number of carbonyl (C=O) groups excluding carboxylic acids is 1. The summed E-state index contributed by atoms with van der Waals surface area (Å²) in [4.78, 5) is 11.6. The van der Waals surface area contributed by atoms with Crippen LogP contribution < -0.4 is 0 Å². The van der Waals surface area contributed by atoms with Gasteiger partial charge in [0.25, 0.3) is 0 Å². The zero-order valence-corrected chi connectivity index (χ0v) is 12.4. The fourth-order valence-electron chi connectivity index (χ4n) is 2.11. The quantitative estimate of drug-likeness (QED) is 0.476. The third-order valence-corrected chi connectivity index (χ3v) is 3.24. The molecule has 1 fully saturated rings. The van der Waals surface area contributed by atoms with Crippen molar-refractivity contribution in [2.75, 3.05) is 13.2 Å². The van der Waals surface area contributed by atoms with E-state index in [1.54, 1.807) is 0 Å². The summed E-state index contributed by atoms with van der Waals surface area (Å²) in [7, 11) is 0. The van der Waals surface area contributed by atoms with Crippen molar-refractivity contribution in [3.63, 3.8) is 0 Å². The highest BCUT2D eigenvalue weighted by atomic mass is 16.7. The summed E-state index contributed by atoms with van der Waals surface area (Å²) in [5.41, 5.74) is 0. The number of carbonyl (C=O) groups is 1. The van der Waals surface area contributed by atoms with E-state index < -0.39 is 0 Å². The molecule has 0 aromatic heterocycles. The van der Waals surface area contributed by atoms with Crippen molar-refractivity contribution in [3.05, 3.63) is 0 Å². The molecule has 0 N–H and O–H groups in total. The Morgan fingerprint density at radius 1 is 1.05 bits per heavy atom. The van der Waals surface area contributed by atoms with Gasteiger partial charge in [-0.3, -0.25) is 4.79 Å². The maximum Gasteiger partial charge on any atom is 0.306 e. The number of esters is 1. The summed E-state index contributed by atoms with van der Waals surface area (Å²) in [5.74, 6) is -0.123. The van der Waals surface area contributed by atoms with Crippen molar-refractivity contribution in [3.8, 4) is 0 Å². The molecule has 0 spiro atoms. The van der Waals surface area contributed by atoms with Crippen molar-refractivity contribution in [2.45, 2.75) is 77.6 Å². The van der Waals surface area contributed by atoms with Crippen molar-refractivity contribution in [1.29, 1.82) is 0 Å². The number of hydrogen-bond acceptors (Lipinski definition) is 4. The number of rotatable bonds is 9. The van der Waals surface area contributed by atoms with Gasteiger partial charge in [-0.05, 0) is 12.8 Å². The summed E-state index contributed by atoms with van der Waals surface area (Å²) in [6, 6.07) is 0. The average molecular weight is 272 g/mol. The van der Waals surface area contributed by atoms with Crippen molar-refractivity contribution in [2.24, 2.45) is 0 Å². The molecule has 0 atom stereocenters. The number of unbranched alkanes of at least 4 members (excludes halogenated alkanes) is 4. The number of hydrogen-bond donors (Lipinski definition) is 0. The molecule has 4 nitrogen and oxygen atoms in total. The monoisotopic (exact) mass is 272 g/mol. The van der Waals surface area contributed by atoms with Gasteiger partial charge in [-0.2, -0.15) is 0 Å². The minimum Gasteiger partial charge on any atom is -0.457 e. The Balaban J connectivity index is 2.03. The molecule has 19 heavy (non-hydrogen) atoms. The highest BCUT2D eigenvalue weighted by Gasteiger charge is 2.24. The Labute approximate surface area is 116 Å². The Morgan fingerprint density at radius 2 is 1.74 bits per heavy atom. The Morgan fingerprint density at radius 3 is 2.37 bits per heavy atom. The van der Waals surface area contributed by atoms with Gasteiger partial charge in [-0.1, -0.05) is 46.0 Å². The molecule has 1 aliphatic rings. The number of ether oxygens (including phenoxy) is 3. The third kappa shape index (κ3) is 7.53. The third-order valence-electron chi connectivity index (χ3n) is 3.24. The second kappa shape index (κ2) is 10.2. The van der Waals surface area contributed by atoms with E-state index >= 15 is 0 Å². The van der Waals surface area contributed by atoms with Crippen LogP contribution in [0.1, 0.15) is 65.2 Å². The summed E-state index contributed by atoms with van der Waals surface area (Å²) in [5, 5.41) is 0. The fourth-order valence-corrected chi connectivity index (χ4v) is 2.11. The van der Waals surface area contributed by atoms with Gasteiger partial charge in [-0.25, -0.2) is 0 Å². The topological polar surface area (TPSA) is 44.8 Å². The Bertz CT molecular complexity index is 234. The van der Waals surface area contributed by atoms with E-state index in [-0.39, 0.29) is 18.4 Å². The van der Waals surface area contributed by atoms with Gasteiger partial charge in [0.2, 0.25) is 0 Å². The van der Waals surface area contributed by atoms with Crippen molar-refractivity contribution >= 4 is 5.97 Å². The van der Waals surface area contributed by atoms with Gasteiger partial charge in [-0.15, -0.1) is 0 Å². The van der Waals surface area contributed by atoms with Gasteiger partial charge < -0.3 is 14.2 Å². The highest BCUT2D eigenvalue weighted by Crippen LogP contribution is 2.14. The first-order valence-corrected chi connectivity index (χ1v) is 7.69. The fraction of sp³-hybridized carbons (Fsp3) is 0.933. The molecule has 0 saturated carbocycles. The van der Waals surface area contributed by atoms with Crippen LogP contribution in [0.25, 0.3) is 0 Å². The van der Waals surface area contributed by atoms with Crippen LogP contribution in [-0.4, -0.2) is 31.6 Å². The van der Waals surface area contributed by atoms with E-state index in [0.717, 1.165) is 25.7 Å². The van der Waals surface area contributed by atoms with Crippen LogP contribution in [0, 0.1) is 0 Å². The van der Waals surface area contributed by atoms with Gasteiger partial charge in [0, 0.05) is 6.42 Å². The summed E-state index contributed by atoms with van der Waals surface area (Å²) >= 11 is 0. The first-order valence-electron chi connectivity index (χ1n) is 7.69. The minimum atomic E-state index is -0.226. The lowest BCUT2D eigenvalue weighted by Gasteiger charge is -2.28. The Kier molecular flexibility index (Phi) is 8.84. The van der Waals surface area contributed by atoms with Crippen LogP contribution >= 0.6 is 0 Å². The smallest absolute Gasteiger partial charge is 0.306 e. The molecule has 1 heterocycles. The molecule has 4 heteroatoms. The largest absolute Gasteiger partial charge is 0.457 e. The maximum absolute atomic E-state index is 11.6. The molecular formula is C15H28O4. The zero-order valence-electron chi connectivity index (χ0n) is 12.4. The lowest BCUT2D eigenvalue weighted by atomic mass is 10.1. The van der Waals surface area contributed by atoms with Gasteiger partial charge >= 0.3 is 5.97 Å². The Hall–Kier alpha value is -0.610. The molecule has 0 aliphatic carbocycles. The lowest BCUT2D eigenvalue weighted by Crippen LogP contribution is -2.38. The van der Waals surface area contributed by atoms with Gasteiger partial charge in [0.1, 0.15) is 6.10 Å². The highest BCUT2D eigenvalue weighted by molar-refractivity contribution is 5.69. The van der Waals surface area contributed by atoms with Crippen LogP contribution in [-0.2, 0) is 19.0 Å². The van der Waals surface area contributed by atoms with E-state index in [1.807, 2.05) is 0 Å². The van der Waals surface area contributed by atoms with Crippen LogP contribution in [0.5, 0.6) is 0 Å². The molecule has 1 rings (SSSR count). The van der Waals surface area contributed by atoms with Crippen LogP contribution in [0.3, 0.4) is 0 Å². The molecule has 112 valence electrons. The molecule has 1 aliphatic heterocycles. The second-order valence-corrected chi connectivity index (χ2v) is 5.16. The first-order chi connectivity index (χ1) is 9.26. The normalized spacial score (nSPS) is 23.3. The van der Waals surface area contributed by atoms with Gasteiger partial charge in [0.15, 0.2) is 6.29 Å². The van der Waals surface area contributed by atoms with E-state index in [2.05, 4.69) is 13.8 Å². The van der Waals surface area contributed by atoms with E-state index in [9.17, 15) is 4.79 Å². The second-order valence-electron chi connectivity index (χ2n) is 5.16. The minimum absolute atomic E-state index is 0.117. The molecular weight excluding hydrogens is 244 g/mol. The predicted molar refractivity (Wildman–Crippen MR) is 73.9 cm³/mol. The SMILES string of the molecule is CCCCCCCC(=O)OC1COC(CCC)OC1. The molecule has 0 aromatic carbocycles. The predicted octanol–water partition coefficient (Wildman–Crippen LogP) is 3.43. The average Bonchev–Trinajstić information content (AvgIpc) is 2.41.